The van der Waals surface area contributed by atoms with Crippen LogP contribution in [0.5, 0.6) is 0 Å². The van der Waals surface area contributed by atoms with Gasteiger partial charge in [0.1, 0.15) is 6.10 Å². The van der Waals surface area contributed by atoms with Gasteiger partial charge in [-0.25, -0.2) is 4.79 Å². The van der Waals surface area contributed by atoms with Crippen molar-refractivity contribution in [3.05, 3.63) is 23.3 Å². The van der Waals surface area contributed by atoms with Crippen LogP contribution < -0.4 is 0 Å². The SMILES string of the molecule is C/C=C1\C(=O)O[C@@H]2C1C[C@@H]1O[C@H]2[C@H](C)CCC/C(C)=C/CC[C@@]1(C)O. The molecule has 0 saturated carbocycles. The summed E-state index contributed by atoms with van der Waals surface area (Å²) >= 11 is 0. The van der Waals surface area contributed by atoms with Gasteiger partial charge in [-0.1, -0.05) is 24.6 Å². The number of esters is 1. The molecule has 6 atom stereocenters. The van der Waals surface area contributed by atoms with Gasteiger partial charge >= 0.3 is 5.97 Å². The van der Waals surface area contributed by atoms with Crippen molar-refractivity contribution in [2.24, 2.45) is 11.8 Å². The Morgan fingerprint density at radius 1 is 1.36 bits per heavy atom. The van der Waals surface area contributed by atoms with Gasteiger partial charge in [0.2, 0.25) is 0 Å². The standard InChI is InChI=1S/C21H32O4/c1-5-15-16-12-17-21(4,23)11-7-9-13(2)8-6-10-14(3)18(24-17)19(16)25-20(15)22/h5,9,14,16-19,23H,6-8,10-12H2,1-4H3/b13-9+,15-5-/t14-,16?,17+,18+,19-,21-/m1/s1. The highest BCUT2D eigenvalue weighted by atomic mass is 16.6. The van der Waals surface area contributed by atoms with Crippen LogP contribution in [0, 0.1) is 11.8 Å². The van der Waals surface area contributed by atoms with Gasteiger partial charge in [0.15, 0.2) is 0 Å². The van der Waals surface area contributed by atoms with Crippen molar-refractivity contribution < 1.29 is 19.4 Å². The van der Waals surface area contributed by atoms with E-state index in [0.29, 0.717) is 18.8 Å². The maximum atomic E-state index is 12.3. The van der Waals surface area contributed by atoms with Crippen molar-refractivity contribution in [1.29, 1.82) is 0 Å². The van der Waals surface area contributed by atoms with E-state index in [4.69, 9.17) is 9.47 Å². The molecule has 0 aromatic carbocycles. The average Bonchev–Trinajstić information content (AvgIpc) is 2.87. The lowest BCUT2D eigenvalue weighted by atomic mass is 9.76. The fourth-order valence-electron chi connectivity index (χ4n) is 4.64. The first-order valence-electron chi connectivity index (χ1n) is 9.74. The smallest absolute Gasteiger partial charge is 0.334 e. The molecule has 2 bridgehead atoms. The number of ether oxygens (including phenoxy) is 2. The maximum absolute atomic E-state index is 12.3. The molecule has 1 N–H and O–H groups in total. The minimum absolute atomic E-state index is 0.0374. The van der Waals surface area contributed by atoms with E-state index in [9.17, 15) is 9.90 Å². The Labute approximate surface area is 151 Å². The number of hydrogen-bond donors (Lipinski definition) is 1. The second-order valence-electron chi connectivity index (χ2n) is 8.36. The van der Waals surface area contributed by atoms with E-state index < -0.39 is 5.60 Å². The number of carbonyl (C=O) groups is 1. The van der Waals surface area contributed by atoms with Crippen molar-refractivity contribution in [3.63, 3.8) is 0 Å². The minimum Gasteiger partial charge on any atom is -0.456 e. The van der Waals surface area contributed by atoms with E-state index in [1.165, 1.54) is 5.57 Å². The van der Waals surface area contributed by atoms with Crippen LogP contribution in [0.4, 0.5) is 0 Å². The van der Waals surface area contributed by atoms with Crippen molar-refractivity contribution in [2.45, 2.75) is 90.1 Å². The Balaban J connectivity index is 1.92. The van der Waals surface area contributed by atoms with Crippen molar-refractivity contribution in [3.8, 4) is 0 Å². The summed E-state index contributed by atoms with van der Waals surface area (Å²) in [5.74, 6) is 0.123. The monoisotopic (exact) mass is 348 g/mol. The van der Waals surface area contributed by atoms with Crippen LogP contribution in [-0.4, -0.2) is 35.0 Å². The summed E-state index contributed by atoms with van der Waals surface area (Å²) < 4.78 is 12.1. The second-order valence-corrected chi connectivity index (χ2v) is 8.36. The number of fused-ring (bicyclic) bond motifs is 4. The molecule has 0 spiro atoms. The number of rotatable bonds is 0. The zero-order valence-corrected chi connectivity index (χ0v) is 16.0. The molecule has 1 unspecified atom stereocenters. The van der Waals surface area contributed by atoms with E-state index in [1.54, 1.807) is 0 Å². The zero-order valence-electron chi connectivity index (χ0n) is 16.0. The number of allylic oxidation sites excluding steroid dienone is 3. The number of aliphatic hydroxyl groups is 1. The Hall–Kier alpha value is -1.13. The zero-order chi connectivity index (χ0) is 18.2. The summed E-state index contributed by atoms with van der Waals surface area (Å²) in [4.78, 5) is 12.3. The predicted molar refractivity (Wildman–Crippen MR) is 97.0 cm³/mol. The van der Waals surface area contributed by atoms with Crippen LogP contribution in [0.15, 0.2) is 23.3 Å². The van der Waals surface area contributed by atoms with Gasteiger partial charge in [0.05, 0.1) is 17.8 Å². The number of hydrogen-bond acceptors (Lipinski definition) is 4. The second kappa shape index (κ2) is 7.24. The summed E-state index contributed by atoms with van der Waals surface area (Å²) in [6.45, 7) is 8.13. The third-order valence-electron chi connectivity index (χ3n) is 6.33. The van der Waals surface area contributed by atoms with Gasteiger partial charge in [0, 0.05) is 11.5 Å². The lowest BCUT2D eigenvalue weighted by Gasteiger charge is -2.45. The first-order chi connectivity index (χ1) is 11.8. The molecule has 4 nitrogen and oxygen atoms in total. The van der Waals surface area contributed by atoms with Crippen LogP contribution in [-0.2, 0) is 14.3 Å². The molecular formula is C21H32O4. The largest absolute Gasteiger partial charge is 0.456 e. The first-order valence-corrected chi connectivity index (χ1v) is 9.74. The van der Waals surface area contributed by atoms with Crippen LogP contribution in [0.2, 0.25) is 0 Å². The van der Waals surface area contributed by atoms with E-state index >= 15 is 0 Å². The Morgan fingerprint density at radius 2 is 2.12 bits per heavy atom. The normalized spacial score (nSPS) is 46.4. The van der Waals surface area contributed by atoms with Crippen molar-refractivity contribution >= 4 is 5.97 Å². The summed E-state index contributed by atoms with van der Waals surface area (Å²) in [6, 6.07) is 0. The molecule has 4 heteroatoms. The first kappa shape index (κ1) is 18.7. The van der Waals surface area contributed by atoms with Crippen LogP contribution >= 0.6 is 0 Å². The minimum atomic E-state index is -0.899. The molecule has 25 heavy (non-hydrogen) atoms. The van der Waals surface area contributed by atoms with Crippen LogP contribution in [0.25, 0.3) is 0 Å². The molecule has 2 fully saturated rings. The van der Waals surface area contributed by atoms with Gasteiger partial charge in [-0.15, -0.1) is 0 Å². The lowest BCUT2D eigenvalue weighted by molar-refractivity contribution is -0.208. The fraction of sp³-hybridized carbons (Fsp3) is 0.762. The van der Waals surface area contributed by atoms with Crippen molar-refractivity contribution in [1.82, 2.24) is 0 Å². The van der Waals surface area contributed by atoms with E-state index in [-0.39, 0.29) is 30.2 Å². The molecule has 140 valence electrons. The van der Waals surface area contributed by atoms with Crippen LogP contribution in [0.1, 0.15) is 66.2 Å². The third-order valence-corrected chi connectivity index (χ3v) is 6.33. The molecular weight excluding hydrogens is 316 g/mol. The van der Waals surface area contributed by atoms with Gasteiger partial charge in [-0.05, 0) is 65.2 Å². The van der Waals surface area contributed by atoms with Gasteiger partial charge in [-0.2, -0.15) is 0 Å². The van der Waals surface area contributed by atoms with Gasteiger partial charge in [0.25, 0.3) is 0 Å². The molecule has 0 aromatic heterocycles. The molecule has 3 aliphatic heterocycles. The Kier molecular flexibility index (Phi) is 5.40. The van der Waals surface area contributed by atoms with E-state index in [0.717, 1.165) is 31.3 Å². The quantitative estimate of drug-likeness (QED) is 0.409. The third kappa shape index (κ3) is 3.70. The fourth-order valence-corrected chi connectivity index (χ4v) is 4.64. The summed E-state index contributed by atoms with van der Waals surface area (Å²) in [5.41, 5.74) is 1.26. The van der Waals surface area contributed by atoms with Gasteiger partial charge < -0.3 is 14.6 Å². The highest BCUT2D eigenvalue weighted by molar-refractivity contribution is 5.91. The molecule has 2 saturated heterocycles. The molecule has 0 aliphatic carbocycles. The summed E-state index contributed by atoms with van der Waals surface area (Å²) in [6.07, 6.45) is 8.94. The molecule has 0 amide bonds. The van der Waals surface area contributed by atoms with E-state index in [1.807, 2.05) is 19.9 Å². The van der Waals surface area contributed by atoms with Crippen LogP contribution in [0.3, 0.4) is 0 Å². The lowest BCUT2D eigenvalue weighted by Crippen LogP contribution is -2.54. The molecule has 3 heterocycles. The van der Waals surface area contributed by atoms with E-state index in [2.05, 4.69) is 19.9 Å². The molecule has 3 rings (SSSR count). The predicted octanol–water partition coefficient (Wildman–Crippen LogP) is 3.93. The summed E-state index contributed by atoms with van der Waals surface area (Å²) in [7, 11) is 0. The maximum Gasteiger partial charge on any atom is 0.334 e. The Morgan fingerprint density at radius 3 is 2.84 bits per heavy atom. The number of carbonyl (C=O) groups excluding carboxylic acids is 1. The summed E-state index contributed by atoms with van der Waals surface area (Å²) in [5, 5.41) is 11.1. The van der Waals surface area contributed by atoms with Crippen molar-refractivity contribution in [2.75, 3.05) is 0 Å². The Bertz CT molecular complexity index is 574. The topological polar surface area (TPSA) is 55.8 Å². The highest BCUT2D eigenvalue weighted by Gasteiger charge is 2.53. The van der Waals surface area contributed by atoms with Gasteiger partial charge in [-0.3, -0.25) is 0 Å². The average molecular weight is 348 g/mol. The molecule has 0 aromatic rings. The molecule has 0 radical (unpaired) electrons. The highest BCUT2D eigenvalue weighted by Crippen LogP contribution is 2.45. The molecule has 3 aliphatic rings.